The highest BCUT2D eigenvalue weighted by atomic mass is 32.1. The van der Waals surface area contributed by atoms with E-state index in [4.69, 9.17) is 5.73 Å². The molecule has 4 N–H and O–H groups in total. The Kier molecular flexibility index (Phi) is 6.09. The van der Waals surface area contributed by atoms with Crippen LogP contribution in [0.2, 0.25) is 0 Å². The van der Waals surface area contributed by atoms with E-state index in [9.17, 15) is 18.0 Å². The zero-order valence-electron chi connectivity index (χ0n) is 8.73. The van der Waals surface area contributed by atoms with Crippen LogP contribution in [0.3, 0.4) is 0 Å². The first-order valence-electron chi connectivity index (χ1n) is 4.66. The van der Waals surface area contributed by atoms with Crippen LogP contribution in [0.15, 0.2) is 0 Å². The lowest BCUT2D eigenvalue weighted by molar-refractivity contribution is -0.122. The van der Waals surface area contributed by atoms with E-state index in [1.54, 1.807) is 5.32 Å². The van der Waals surface area contributed by atoms with Crippen LogP contribution in [0.5, 0.6) is 0 Å². The van der Waals surface area contributed by atoms with E-state index in [1.807, 2.05) is 6.92 Å². The highest BCUT2D eigenvalue weighted by molar-refractivity contribution is 7.80. The fourth-order valence-electron chi connectivity index (χ4n) is 0.964. The predicted molar refractivity (Wildman–Crippen MR) is 58.1 cm³/mol. The number of nitrogens with two attached hydrogens (primary N) is 1. The van der Waals surface area contributed by atoms with Gasteiger partial charge in [0.2, 0.25) is 0 Å². The Labute approximate surface area is 96.8 Å². The van der Waals surface area contributed by atoms with Crippen LogP contribution >= 0.6 is 12.2 Å². The minimum atomic E-state index is -4.43. The van der Waals surface area contributed by atoms with Gasteiger partial charge in [-0.25, -0.2) is 4.79 Å². The summed E-state index contributed by atoms with van der Waals surface area (Å²) in [5.41, 5.74) is 5.32. The van der Waals surface area contributed by atoms with Gasteiger partial charge in [-0.1, -0.05) is 25.6 Å². The van der Waals surface area contributed by atoms with Gasteiger partial charge in [-0.2, -0.15) is 13.2 Å². The second-order valence-electron chi connectivity index (χ2n) is 3.19. The van der Waals surface area contributed by atoms with E-state index in [0.29, 0.717) is 12.8 Å². The lowest BCUT2D eigenvalue weighted by Crippen LogP contribution is -2.49. The number of amides is 2. The van der Waals surface area contributed by atoms with Crippen LogP contribution in [0.25, 0.3) is 0 Å². The number of nitrogens with one attached hydrogen (secondary N) is 2. The van der Waals surface area contributed by atoms with Gasteiger partial charge in [-0.05, 0) is 6.42 Å². The van der Waals surface area contributed by atoms with Crippen molar-refractivity contribution >= 4 is 23.2 Å². The topological polar surface area (TPSA) is 67.2 Å². The predicted octanol–water partition coefficient (Wildman–Crippen LogP) is 1.30. The normalized spacial score (nSPS) is 13.0. The van der Waals surface area contributed by atoms with Crippen molar-refractivity contribution < 1.29 is 18.0 Å². The average Bonchev–Trinajstić information content (AvgIpc) is 2.13. The van der Waals surface area contributed by atoms with E-state index in [2.05, 4.69) is 17.5 Å². The van der Waals surface area contributed by atoms with Crippen molar-refractivity contribution in [3.8, 4) is 0 Å². The number of carbonyl (C=O) groups excluding carboxylic acids is 1. The first-order valence-corrected chi connectivity index (χ1v) is 5.07. The summed E-state index contributed by atoms with van der Waals surface area (Å²) >= 11 is 4.67. The fourth-order valence-corrected chi connectivity index (χ4v) is 1.14. The fraction of sp³-hybridized carbons (Fsp3) is 0.750. The molecule has 0 spiro atoms. The summed E-state index contributed by atoms with van der Waals surface area (Å²) in [6.07, 6.45) is -3.23. The molecule has 8 heteroatoms. The Hall–Kier alpha value is -1.05. The number of hydrogen-bond acceptors (Lipinski definition) is 2. The molecule has 0 bridgehead atoms. The molecule has 0 saturated carbocycles. The van der Waals surface area contributed by atoms with Crippen molar-refractivity contribution in [3.05, 3.63) is 0 Å². The molecule has 0 radical (unpaired) electrons. The van der Waals surface area contributed by atoms with Crippen LogP contribution in [-0.2, 0) is 0 Å². The number of thiocarbonyl (C=S) groups is 1. The Balaban J connectivity index is 4.05. The first kappa shape index (κ1) is 14.9. The summed E-state index contributed by atoms with van der Waals surface area (Å²) in [4.78, 5) is 11.1. The van der Waals surface area contributed by atoms with Gasteiger partial charge in [-0.3, -0.25) is 0 Å². The molecule has 1 unspecified atom stereocenters. The molecule has 0 fully saturated rings. The van der Waals surface area contributed by atoms with E-state index in [0.717, 1.165) is 0 Å². The van der Waals surface area contributed by atoms with Crippen LogP contribution in [-0.4, -0.2) is 29.8 Å². The second kappa shape index (κ2) is 6.51. The molecule has 0 aliphatic heterocycles. The molecule has 4 nitrogen and oxygen atoms in total. The lowest BCUT2D eigenvalue weighted by atomic mass is 10.2. The zero-order chi connectivity index (χ0) is 12.8. The van der Waals surface area contributed by atoms with Gasteiger partial charge in [0.1, 0.15) is 6.54 Å². The zero-order valence-corrected chi connectivity index (χ0v) is 9.54. The Morgan fingerprint density at radius 2 is 2.06 bits per heavy atom. The molecule has 0 aromatic rings. The summed E-state index contributed by atoms with van der Waals surface area (Å²) in [6, 6.07) is -1.50. The van der Waals surface area contributed by atoms with Gasteiger partial charge >= 0.3 is 12.2 Å². The molecule has 0 aromatic carbocycles. The first-order chi connectivity index (χ1) is 7.26. The third kappa shape index (κ3) is 7.27. The second-order valence-corrected chi connectivity index (χ2v) is 3.66. The van der Waals surface area contributed by atoms with Crippen molar-refractivity contribution in [2.75, 3.05) is 6.54 Å². The molecular weight excluding hydrogens is 243 g/mol. The average molecular weight is 257 g/mol. The van der Waals surface area contributed by atoms with Crippen molar-refractivity contribution in [3.63, 3.8) is 0 Å². The van der Waals surface area contributed by atoms with Gasteiger partial charge in [0.15, 0.2) is 0 Å². The van der Waals surface area contributed by atoms with Crippen LogP contribution in [0, 0.1) is 0 Å². The molecule has 0 rings (SSSR count). The van der Waals surface area contributed by atoms with Gasteiger partial charge in [-0.15, -0.1) is 0 Å². The summed E-state index contributed by atoms with van der Waals surface area (Å²) in [6.45, 7) is 0.468. The van der Waals surface area contributed by atoms with Gasteiger partial charge in [0.05, 0.1) is 11.0 Å². The summed E-state index contributed by atoms with van der Waals surface area (Å²) < 4.78 is 35.3. The number of carbonyl (C=O) groups is 1. The van der Waals surface area contributed by atoms with Crippen LogP contribution in [0.4, 0.5) is 18.0 Å². The maximum Gasteiger partial charge on any atom is 0.405 e. The quantitative estimate of drug-likeness (QED) is 0.650. The smallest absolute Gasteiger partial charge is 0.392 e. The van der Waals surface area contributed by atoms with Gasteiger partial charge in [0.25, 0.3) is 0 Å². The molecule has 0 aromatic heterocycles. The minimum absolute atomic E-state index is 0.0593. The number of hydrogen-bond donors (Lipinski definition) is 3. The molecule has 0 aliphatic rings. The number of rotatable bonds is 5. The summed E-state index contributed by atoms with van der Waals surface area (Å²) in [7, 11) is 0. The monoisotopic (exact) mass is 257 g/mol. The third-order valence-corrected chi connectivity index (χ3v) is 1.96. The van der Waals surface area contributed by atoms with E-state index in [1.165, 1.54) is 0 Å². The van der Waals surface area contributed by atoms with Crippen molar-refractivity contribution in [1.82, 2.24) is 10.6 Å². The number of halogens is 3. The summed E-state index contributed by atoms with van der Waals surface area (Å²) in [5.74, 6) is 0. The number of alkyl halides is 3. The van der Waals surface area contributed by atoms with Crippen LogP contribution < -0.4 is 16.4 Å². The molecule has 0 saturated heterocycles. The largest absolute Gasteiger partial charge is 0.405 e. The molecular formula is C8H14F3N3OS. The van der Waals surface area contributed by atoms with E-state index < -0.39 is 24.8 Å². The van der Waals surface area contributed by atoms with Crippen LogP contribution in [0.1, 0.15) is 19.8 Å². The highest BCUT2D eigenvalue weighted by Crippen LogP contribution is 2.11. The van der Waals surface area contributed by atoms with E-state index >= 15 is 0 Å². The molecule has 94 valence electrons. The SMILES string of the molecule is CCCC(NC(=O)NCC(F)(F)F)C(N)=S. The Bertz CT molecular complexity index is 257. The molecule has 2 amide bonds. The van der Waals surface area contributed by atoms with Crippen molar-refractivity contribution in [2.45, 2.75) is 32.0 Å². The minimum Gasteiger partial charge on any atom is -0.392 e. The lowest BCUT2D eigenvalue weighted by Gasteiger charge is -2.17. The molecule has 0 aliphatic carbocycles. The van der Waals surface area contributed by atoms with Crippen molar-refractivity contribution in [2.24, 2.45) is 5.73 Å². The molecule has 16 heavy (non-hydrogen) atoms. The third-order valence-electron chi connectivity index (χ3n) is 1.68. The highest BCUT2D eigenvalue weighted by Gasteiger charge is 2.28. The summed E-state index contributed by atoms with van der Waals surface area (Å²) in [5, 5.41) is 3.95. The van der Waals surface area contributed by atoms with Crippen molar-refractivity contribution in [1.29, 1.82) is 0 Å². The Morgan fingerprint density at radius 3 is 2.44 bits per heavy atom. The number of urea groups is 1. The maximum absolute atomic E-state index is 11.8. The molecule has 0 heterocycles. The Morgan fingerprint density at radius 1 is 1.50 bits per heavy atom. The maximum atomic E-state index is 11.8. The van der Waals surface area contributed by atoms with E-state index in [-0.39, 0.29) is 4.99 Å². The van der Waals surface area contributed by atoms with Gasteiger partial charge in [0, 0.05) is 0 Å². The molecule has 1 atom stereocenters. The van der Waals surface area contributed by atoms with Gasteiger partial charge < -0.3 is 16.4 Å². The standard InChI is InChI=1S/C8H14F3N3OS/c1-2-3-5(6(12)16)14-7(15)13-4-8(9,10)11/h5H,2-4H2,1H3,(H2,12,16)(H2,13,14,15).